The second-order valence-corrected chi connectivity index (χ2v) is 3.84. The highest BCUT2D eigenvalue weighted by molar-refractivity contribution is 5.80. The van der Waals surface area contributed by atoms with Gasteiger partial charge in [0, 0.05) is 19.3 Å². The molecule has 0 bridgehead atoms. The summed E-state index contributed by atoms with van der Waals surface area (Å²) in [4.78, 5) is 4.41. The molecule has 0 saturated carbocycles. The SMILES string of the molecule is Cn1cccc1C=Nc1ccc2c(c1)OCO2. The van der Waals surface area contributed by atoms with Crippen molar-refractivity contribution in [3.05, 3.63) is 42.2 Å². The van der Waals surface area contributed by atoms with Crippen LogP contribution in [0, 0.1) is 0 Å². The van der Waals surface area contributed by atoms with Gasteiger partial charge in [-0.2, -0.15) is 0 Å². The van der Waals surface area contributed by atoms with Crippen LogP contribution >= 0.6 is 0 Å². The van der Waals surface area contributed by atoms with Crippen LogP contribution in [0.4, 0.5) is 5.69 Å². The summed E-state index contributed by atoms with van der Waals surface area (Å²) >= 11 is 0. The predicted octanol–water partition coefficient (Wildman–Crippen LogP) is 2.50. The third kappa shape index (κ3) is 1.89. The normalized spacial score (nSPS) is 13.5. The van der Waals surface area contributed by atoms with Gasteiger partial charge in [0.2, 0.25) is 6.79 Å². The van der Waals surface area contributed by atoms with Crippen LogP contribution in [0.15, 0.2) is 41.5 Å². The van der Waals surface area contributed by atoms with E-state index in [0.717, 1.165) is 22.9 Å². The van der Waals surface area contributed by atoms with E-state index in [-0.39, 0.29) is 0 Å². The highest BCUT2D eigenvalue weighted by Gasteiger charge is 2.12. The summed E-state index contributed by atoms with van der Waals surface area (Å²) in [6.07, 6.45) is 3.82. The van der Waals surface area contributed by atoms with Crippen molar-refractivity contribution in [2.24, 2.45) is 12.0 Å². The fourth-order valence-electron chi connectivity index (χ4n) is 1.71. The largest absolute Gasteiger partial charge is 0.454 e. The molecule has 0 fully saturated rings. The van der Waals surface area contributed by atoms with Gasteiger partial charge < -0.3 is 14.0 Å². The molecule has 0 amide bonds. The molecule has 3 rings (SSSR count). The maximum atomic E-state index is 5.30. The Morgan fingerprint density at radius 1 is 1.24 bits per heavy atom. The molecule has 2 aromatic rings. The average Bonchev–Trinajstić information content (AvgIpc) is 2.94. The van der Waals surface area contributed by atoms with Gasteiger partial charge in [0.05, 0.1) is 17.6 Å². The van der Waals surface area contributed by atoms with Gasteiger partial charge in [-0.15, -0.1) is 0 Å². The van der Waals surface area contributed by atoms with Crippen LogP contribution in [-0.2, 0) is 7.05 Å². The van der Waals surface area contributed by atoms with Crippen molar-refractivity contribution in [3.8, 4) is 11.5 Å². The molecule has 4 heteroatoms. The van der Waals surface area contributed by atoms with Crippen LogP contribution in [0.3, 0.4) is 0 Å². The zero-order chi connectivity index (χ0) is 11.7. The lowest BCUT2D eigenvalue weighted by Gasteiger charge is -1.98. The summed E-state index contributed by atoms with van der Waals surface area (Å²) in [6.45, 7) is 0.292. The lowest BCUT2D eigenvalue weighted by molar-refractivity contribution is 0.174. The first-order valence-corrected chi connectivity index (χ1v) is 5.38. The van der Waals surface area contributed by atoms with E-state index in [0.29, 0.717) is 6.79 Å². The maximum absolute atomic E-state index is 5.30. The fourth-order valence-corrected chi connectivity index (χ4v) is 1.71. The molecule has 0 unspecified atom stereocenters. The average molecular weight is 228 g/mol. The van der Waals surface area contributed by atoms with Crippen molar-refractivity contribution in [3.63, 3.8) is 0 Å². The Morgan fingerprint density at radius 2 is 2.12 bits per heavy atom. The van der Waals surface area contributed by atoms with Gasteiger partial charge in [0.15, 0.2) is 11.5 Å². The first-order chi connectivity index (χ1) is 8.33. The standard InChI is InChI=1S/C13H12N2O2/c1-15-6-2-3-11(15)8-14-10-4-5-12-13(7-10)17-9-16-12/h2-8H,9H2,1H3. The molecule has 17 heavy (non-hydrogen) atoms. The smallest absolute Gasteiger partial charge is 0.231 e. The molecule has 86 valence electrons. The molecule has 1 aromatic heterocycles. The molecule has 2 heterocycles. The number of fused-ring (bicyclic) bond motifs is 1. The first kappa shape index (κ1) is 9.96. The van der Waals surface area contributed by atoms with Crippen molar-refractivity contribution in [1.29, 1.82) is 0 Å². The summed E-state index contributed by atoms with van der Waals surface area (Å²) in [5.74, 6) is 1.54. The van der Waals surface area contributed by atoms with Gasteiger partial charge in [-0.1, -0.05) is 0 Å². The summed E-state index contributed by atoms with van der Waals surface area (Å²) in [6, 6.07) is 9.66. The molecule has 1 aromatic carbocycles. The number of hydrogen-bond donors (Lipinski definition) is 0. The molecule has 0 N–H and O–H groups in total. The Labute approximate surface area is 99.1 Å². The third-order valence-electron chi connectivity index (χ3n) is 2.69. The van der Waals surface area contributed by atoms with Crippen LogP contribution in [-0.4, -0.2) is 17.6 Å². The van der Waals surface area contributed by atoms with Crippen molar-refractivity contribution < 1.29 is 9.47 Å². The van der Waals surface area contributed by atoms with Crippen LogP contribution in [0.25, 0.3) is 0 Å². The summed E-state index contributed by atoms with van der Waals surface area (Å²) < 4.78 is 12.6. The number of aryl methyl sites for hydroxylation is 1. The minimum atomic E-state index is 0.292. The molecule has 0 atom stereocenters. The molecule has 0 saturated heterocycles. The van der Waals surface area contributed by atoms with E-state index >= 15 is 0 Å². The number of aromatic nitrogens is 1. The molecule has 0 radical (unpaired) electrons. The van der Waals surface area contributed by atoms with Crippen molar-refractivity contribution >= 4 is 11.9 Å². The van der Waals surface area contributed by atoms with Crippen molar-refractivity contribution in [1.82, 2.24) is 4.57 Å². The Morgan fingerprint density at radius 3 is 2.94 bits per heavy atom. The van der Waals surface area contributed by atoms with Crippen molar-refractivity contribution in [2.45, 2.75) is 0 Å². The van der Waals surface area contributed by atoms with Crippen molar-refractivity contribution in [2.75, 3.05) is 6.79 Å². The number of nitrogens with zero attached hydrogens (tertiary/aromatic N) is 2. The second-order valence-electron chi connectivity index (χ2n) is 3.84. The highest BCUT2D eigenvalue weighted by atomic mass is 16.7. The van der Waals surface area contributed by atoms with Crippen LogP contribution in [0.1, 0.15) is 5.69 Å². The lowest BCUT2D eigenvalue weighted by Crippen LogP contribution is -1.92. The van der Waals surface area contributed by atoms with E-state index < -0.39 is 0 Å². The molecule has 4 nitrogen and oxygen atoms in total. The fraction of sp³-hybridized carbons (Fsp3) is 0.154. The van der Waals surface area contributed by atoms with Crippen LogP contribution in [0.2, 0.25) is 0 Å². The molecule has 0 aliphatic carbocycles. The summed E-state index contributed by atoms with van der Waals surface area (Å²) in [7, 11) is 1.99. The molecule has 1 aliphatic rings. The number of rotatable bonds is 2. The summed E-state index contributed by atoms with van der Waals surface area (Å²) in [5, 5.41) is 0. The minimum absolute atomic E-state index is 0.292. The Hall–Kier alpha value is -2.23. The topological polar surface area (TPSA) is 35.8 Å². The van der Waals surface area contributed by atoms with E-state index in [2.05, 4.69) is 4.99 Å². The van der Waals surface area contributed by atoms with Gasteiger partial charge >= 0.3 is 0 Å². The van der Waals surface area contributed by atoms with E-state index in [4.69, 9.17) is 9.47 Å². The predicted molar refractivity (Wildman–Crippen MR) is 65.2 cm³/mol. The van der Waals surface area contributed by atoms with E-state index in [1.807, 2.05) is 54.4 Å². The van der Waals surface area contributed by atoms with Crippen LogP contribution in [0.5, 0.6) is 11.5 Å². The van der Waals surface area contributed by atoms with E-state index in [9.17, 15) is 0 Å². The second kappa shape index (κ2) is 3.97. The maximum Gasteiger partial charge on any atom is 0.231 e. The molecular weight excluding hydrogens is 216 g/mol. The molecule has 1 aliphatic heterocycles. The number of hydrogen-bond acceptors (Lipinski definition) is 3. The number of aliphatic imine (C=N–C) groups is 1. The van der Waals surface area contributed by atoms with Gasteiger partial charge in [-0.3, -0.25) is 4.99 Å². The highest BCUT2D eigenvalue weighted by Crippen LogP contribution is 2.35. The van der Waals surface area contributed by atoms with E-state index in [1.165, 1.54) is 0 Å². The monoisotopic (exact) mass is 228 g/mol. The van der Waals surface area contributed by atoms with Gasteiger partial charge in [0.25, 0.3) is 0 Å². The molecular formula is C13H12N2O2. The Kier molecular flexibility index (Phi) is 2.33. The number of benzene rings is 1. The summed E-state index contributed by atoms with van der Waals surface area (Å²) in [5.41, 5.74) is 1.91. The number of ether oxygens (including phenoxy) is 2. The quantitative estimate of drug-likeness (QED) is 0.740. The first-order valence-electron chi connectivity index (χ1n) is 5.38. The lowest BCUT2D eigenvalue weighted by atomic mass is 10.3. The minimum Gasteiger partial charge on any atom is -0.454 e. The van der Waals surface area contributed by atoms with Crippen LogP contribution < -0.4 is 9.47 Å². The third-order valence-corrected chi connectivity index (χ3v) is 2.69. The molecule has 0 spiro atoms. The van der Waals surface area contributed by atoms with Gasteiger partial charge in [-0.25, -0.2) is 0 Å². The zero-order valence-corrected chi connectivity index (χ0v) is 9.46. The van der Waals surface area contributed by atoms with E-state index in [1.54, 1.807) is 0 Å². The van der Waals surface area contributed by atoms with Gasteiger partial charge in [0.1, 0.15) is 0 Å². The van der Waals surface area contributed by atoms with Gasteiger partial charge in [-0.05, 0) is 24.3 Å². The zero-order valence-electron chi connectivity index (χ0n) is 9.46. The Bertz CT molecular complexity index is 573. The Balaban J connectivity index is 1.86.